The predicted molar refractivity (Wildman–Crippen MR) is 99.9 cm³/mol. The average molecular weight is 345 g/mol. The van der Waals surface area contributed by atoms with Gasteiger partial charge >= 0.3 is 0 Å². The number of hydrogen-bond acceptors (Lipinski definition) is 4. The molecule has 2 aliphatic rings. The SMILES string of the molecule is Cl.c1ccc(Nc2cccc(C[C@H]3CCC[C@@H]4CNC[C@@H]43)n2)nc1. The highest BCUT2D eigenvalue weighted by Crippen LogP contribution is 2.38. The van der Waals surface area contributed by atoms with Crippen molar-refractivity contribution >= 4 is 24.0 Å². The van der Waals surface area contributed by atoms with Crippen LogP contribution in [0.1, 0.15) is 25.0 Å². The first-order valence-electron chi connectivity index (χ1n) is 8.73. The zero-order chi connectivity index (χ0) is 15.5. The number of aromatic nitrogens is 2. The Balaban J connectivity index is 0.00000169. The van der Waals surface area contributed by atoms with Crippen molar-refractivity contribution < 1.29 is 0 Å². The van der Waals surface area contributed by atoms with E-state index < -0.39 is 0 Å². The summed E-state index contributed by atoms with van der Waals surface area (Å²) in [4.78, 5) is 9.11. The van der Waals surface area contributed by atoms with E-state index in [9.17, 15) is 0 Å². The minimum absolute atomic E-state index is 0. The Morgan fingerprint density at radius 2 is 1.96 bits per heavy atom. The summed E-state index contributed by atoms with van der Waals surface area (Å²) in [6.45, 7) is 2.41. The second-order valence-electron chi connectivity index (χ2n) is 6.83. The molecule has 0 aromatic carbocycles. The minimum Gasteiger partial charge on any atom is -0.325 e. The molecule has 3 atom stereocenters. The van der Waals surface area contributed by atoms with E-state index in [1.54, 1.807) is 6.20 Å². The molecule has 1 saturated carbocycles. The smallest absolute Gasteiger partial charge is 0.131 e. The van der Waals surface area contributed by atoms with Gasteiger partial charge in [-0.1, -0.05) is 18.6 Å². The molecule has 1 saturated heterocycles. The third-order valence-corrected chi connectivity index (χ3v) is 5.35. The lowest BCUT2D eigenvalue weighted by Crippen LogP contribution is -2.28. The summed E-state index contributed by atoms with van der Waals surface area (Å²) in [6.07, 6.45) is 7.02. The molecular weight excluding hydrogens is 320 g/mol. The quantitative estimate of drug-likeness (QED) is 0.885. The summed E-state index contributed by atoms with van der Waals surface area (Å²) in [5.41, 5.74) is 1.20. The van der Waals surface area contributed by atoms with Crippen LogP contribution in [-0.4, -0.2) is 23.1 Å². The monoisotopic (exact) mass is 344 g/mol. The van der Waals surface area contributed by atoms with Gasteiger partial charge in [-0.2, -0.15) is 0 Å². The molecule has 0 radical (unpaired) electrons. The van der Waals surface area contributed by atoms with E-state index in [1.165, 1.54) is 38.0 Å². The predicted octanol–water partition coefficient (Wildman–Crippen LogP) is 3.82. The van der Waals surface area contributed by atoms with Crippen LogP contribution in [0.5, 0.6) is 0 Å². The standard InChI is InChI=1S/C19H24N4.ClH/c1-2-10-21-18(8-1)23-19-9-4-7-16(22-19)11-14-5-3-6-15-12-20-13-17(14)15;/h1-2,4,7-10,14-15,17,20H,3,5-6,11-13H2,(H,21,22,23);1H/t14-,15-,17-;/m1./s1. The molecule has 0 bridgehead atoms. The molecule has 2 aromatic heterocycles. The van der Waals surface area contributed by atoms with Crippen molar-refractivity contribution in [2.24, 2.45) is 17.8 Å². The molecule has 1 aliphatic heterocycles. The van der Waals surface area contributed by atoms with Gasteiger partial charge in [0.15, 0.2) is 0 Å². The highest BCUT2D eigenvalue weighted by molar-refractivity contribution is 5.85. The molecule has 0 unspecified atom stereocenters. The number of anilines is 2. The maximum Gasteiger partial charge on any atom is 0.131 e. The Labute approximate surface area is 149 Å². The molecule has 3 heterocycles. The van der Waals surface area contributed by atoms with E-state index in [0.717, 1.165) is 35.8 Å². The van der Waals surface area contributed by atoms with Crippen molar-refractivity contribution in [2.75, 3.05) is 18.4 Å². The van der Waals surface area contributed by atoms with Gasteiger partial charge in [-0.25, -0.2) is 9.97 Å². The van der Waals surface area contributed by atoms with Crippen LogP contribution >= 0.6 is 12.4 Å². The number of nitrogens with one attached hydrogen (secondary N) is 2. The highest BCUT2D eigenvalue weighted by atomic mass is 35.5. The lowest BCUT2D eigenvalue weighted by atomic mass is 9.72. The molecule has 24 heavy (non-hydrogen) atoms. The number of rotatable bonds is 4. The fourth-order valence-electron chi connectivity index (χ4n) is 4.23. The number of hydrogen-bond donors (Lipinski definition) is 2. The van der Waals surface area contributed by atoms with Gasteiger partial charge in [-0.05, 0) is 74.4 Å². The van der Waals surface area contributed by atoms with Crippen LogP contribution < -0.4 is 10.6 Å². The molecule has 2 N–H and O–H groups in total. The first-order chi connectivity index (χ1) is 11.4. The molecule has 1 aliphatic carbocycles. The van der Waals surface area contributed by atoms with Crippen molar-refractivity contribution in [1.82, 2.24) is 15.3 Å². The van der Waals surface area contributed by atoms with Crippen LogP contribution in [0.4, 0.5) is 11.6 Å². The molecular formula is C19H25ClN4. The molecule has 4 rings (SSSR count). The number of pyridine rings is 2. The third-order valence-electron chi connectivity index (χ3n) is 5.35. The van der Waals surface area contributed by atoms with E-state index in [0.29, 0.717) is 0 Å². The van der Waals surface area contributed by atoms with E-state index in [4.69, 9.17) is 4.98 Å². The topological polar surface area (TPSA) is 49.8 Å². The van der Waals surface area contributed by atoms with Crippen molar-refractivity contribution in [3.8, 4) is 0 Å². The maximum atomic E-state index is 4.80. The minimum atomic E-state index is 0. The molecule has 0 amide bonds. The highest BCUT2D eigenvalue weighted by Gasteiger charge is 2.36. The lowest BCUT2D eigenvalue weighted by Gasteiger charge is -2.33. The molecule has 5 heteroatoms. The van der Waals surface area contributed by atoms with Crippen LogP contribution in [0, 0.1) is 17.8 Å². The van der Waals surface area contributed by atoms with E-state index in [1.807, 2.05) is 24.3 Å². The lowest BCUT2D eigenvalue weighted by molar-refractivity contribution is 0.197. The van der Waals surface area contributed by atoms with Gasteiger partial charge in [0.2, 0.25) is 0 Å². The van der Waals surface area contributed by atoms with Gasteiger partial charge in [0.1, 0.15) is 11.6 Å². The Hall–Kier alpha value is -1.65. The van der Waals surface area contributed by atoms with Crippen LogP contribution in [0.3, 0.4) is 0 Å². The second kappa shape index (κ2) is 7.95. The molecule has 2 aromatic rings. The zero-order valence-corrected chi connectivity index (χ0v) is 14.6. The first kappa shape index (κ1) is 17.2. The van der Waals surface area contributed by atoms with E-state index in [-0.39, 0.29) is 12.4 Å². The largest absolute Gasteiger partial charge is 0.325 e. The van der Waals surface area contributed by atoms with Crippen molar-refractivity contribution in [3.63, 3.8) is 0 Å². The second-order valence-corrected chi connectivity index (χ2v) is 6.83. The zero-order valence-electron chi connectivity index (χ0n) is 13.8. The molecule has 4 nitrogen and oxygen atoms in total. The third kappa shape index (κ3) is 3.87. The number of fused-ring (bicyclic) bond motifs is 1. The number of halogens is 1. The molecule has 0 spiro atoms. The van der Waals surface area contributed by atoms with Gasteiger partial charge in [0.25, 0.3) is 0 Å². The Morgan fingerprint density at radius 3 is 2.83 bits per heavy atom. The normalized spacial score (nSPS) is 25.6. The molecule has 128 valence electrons. The van der Waals surface area contributed by atoms with Crippen LogP contribution in [0.25, 0.3) is 0 Å². The first-order valence-corrected chi connectivity index (χ1v) is 8.73. The summed E-state index contributed by atoms with van der Waals surface area (Å²) in [5, 5.41) is 6.88. The molecule has 2 fully saturated rings. The van der Waals surface area contributed by atoms with Crippen molar-refractivity contribution in [3.05, 3.63) is 48.3 Å². The van der Waals surface area contributed by atoms with Gasteiger partial charge in [0.05, 0.1) is 0 Å². The fourth-order valence-corrected chi connectivity index (χ4v) is 4.23. The summed E-state index contributed by atoms with van der Waals surface area (Å²) in [5.74, 6) is 4.25. The van der Waals surface area contributed by atoms with Crippen LogP contribution in [0.2, 0.25) is 0 Å². The van der Waals surface area contributed by atoms with Gasteiger partial charge in [0, 0.05) is 11.9 Å². The van der Waals surface area contributed by atoms with E-state index in [2.05, 4.69) is 27.8 Å². The Kier molecular flexibility index (Phi) is 5.69. The van der Waals surface area contributed by atoms with Crippen molar-refractivity contribution in [2.45, 2.75) is 25.7 Å². The summed E-state index contributed by atoms with van der Waals surface area (Å²) in [6, 6.07) is 12.1. The Bertz CT molecular complexity index is 649. The van der Waals surface area contributed by atoms with Crippen LogP contribution in [0.15, 0.2) is 42.6 Å². The van der Waals surface area contributed by atoms with Crippen LogP contribution in [-0.2, 0) is 6.42 Å². The summed E-state index contributed by atoms with van der Waals surface area (Å²) < 4.78 is 0. The van der Waals surface area contributed by atoms with Gasteiger partial charge in [-0.15, -0.1) is 12.4 Å². The van der Waals surface area contributed by atoms with Crippen molar-refractivity contribution in [1.29, 1.82) is 0 Å². The van der Waals surface area contributed by atoms with Gasteiger partial charge < -0.3 is 10.6 Å². The maximum absolute atomic E-state index is 4.80. The fraction of sp³-hybridized carbons (Fsp3) is 0.474. The van der Waals surface area contributed by atoms with E-state index >= 15 is 0 Å². The number of nitrogens with zero attached hydrogens (tertiary/aromatic N) is 2. The summed E-state index contributed by atoms with van der Waals surface area (Å²) in [7, 11) is 0. The average Bonchev–Trinajstić information content (AvgIpc) is 3.06. The summed E-state index contributed by atoms with van der Waals surface area (Å²) >= 11 is 0. The van der Waals surface area contributed by atoms with Gasteiger partial charge in [-0.3, -0.25) is 0 Å². The Morgan fingerprint density at radius 1 is 1.04 bits per heavy atom.